The highest BCUT2D eigenvalue weighted by Gasteiger charge is 2.27. The number of carbonyl (C=O) groups is 1. The van der Waals surface area contributed by atoms with Crippen LogP contribution >= 0.6 is 0 Å². The van der Waals surface area contributed by atoms with Gasteiger partial charge in [-0.1, -0.05) is 12.1 Å². The van der Waals surface area contributed by atoms with Crippen molar-refractivity contribution in [3.63, 3.8) is 0 Å². The molecule has 0 atom stereocenters. The van der Waals surface area contributed by atoms with E-state index in [2.05, 4.69) is 0 Å². The van der Waals surface area contributed by atoms with Gasteiger partial charge in [0.2, 0.25) is 0 Å². The number of piperidine rings is 1. The summed E-state index contributed by atoms with van der Waals surface area (Å²) in [5.41, 5.74) is 9.40. The molecule has 0 unspecified atom stereocenters. The Hall–Kier alpha value is -2.77. The average Bonchev–Trinajstić information content (AvgIpc) is 3.16. The second-order valence-electron chi connectivity index (χ2n) is 8.47. The topological polar surface area (TPSA) is 60.5 Å². The number of aryl methyl sites for hydroxylation is 1. The van der Waals surface area contributed by atoms with E-state index in [4.69, 9.17) is 10.5 Å². The van der Waals surface area contributed by atoms with Crippen molar-refractivity contribution in [2.75, 3.05) is 26.8 Å². The predicted molar refractivity (Wildman–Crippen MR) is 121 cm³/mol. The molecule has 7 heteroatoms. The summed E-state index contributed by atoms with van der Waals surface area (Å²) >= 11 is 0. The Bertz CT molecular complexity index is 1130. The zero-order valence-corrected chi connectivity index (χ0v) is 18.5. The van der Waals surface area contributed by atoms with Gasteiger partial charge < -0.3 is 19.9 Å². The summed E-state index contributed by atoms with van der Waals surface area (Å²) in [5, 5.41) is 0.636. The zero-order chi connectivity index (χ0) is 22.8. The molecular weight excluding hydrogens is 412 g/mol. The third-order valence-corrected chi connectivity index (χ3v) is 6.44. The van der Waals surface area contributed by atoms with Gasteiger partial charge in [0, 0.05) is 50.4 Å². The van der Waals surface area contributed by atoms with Crippen LogP contribution in [0.25, 0.3) is 10.9 Å². The van der Waals surface area contributed by atoms with Crippen molar-refractivity contribution in [2.24, 2.45) is 5.73 Å². The molecule has 0 saturated carbocycles. The second-order valence-corrected chi connectivity index (χ2v) is 8.47. The fraction of sp³-hybridized carbons (Fsp3) is 0.400. The zero-order valence-electron chi connectivity index (χ0n) is 18.5. The molecule has 0 spiro atoms. The van der Waals surface area contributed by atoms with Crippen LogP contribution in [0.4, 0.5) is 8.78 Å². The van der Waals surface area contributed by atoms with Crippen molar-refractivity contribution >= 4 is 16.8 Å². The highest BCUT2D eigenvalue weighted by Crippen LogP contribution is 2.32. The van der Waals surface area contributed by atoms with Crippen LogP contribution in [0.1, 0.15) is 45.8 Å². The molecule has 1 amide bonds. The lowest BCUT2D eigenvalue weighted by Crippen LogP contribution is -2.37. The minimum absolute atomic E-state index is 0.0867. The number of rotatable bonds is 6. The standard InChI is InChI=1S/C25H29F2N3O2/c1-16-11-20(26)13-21-22(15-30(24(16)21)9-10-32-2)25(31)29-7-5-17(6-8-29)18-3-4-23(27)19(12-18)14-28/h3-4,11-13,15,17H,5-10,14,28H2,1-2H3. The van der Waals surface area contributed by atoms with E-state index >= 15 is 0 Å². The van der Waals surface area contributed by atoms with Crippen LogP contribution in [0.2, 0.25) is 0 Å². The number of nitrogens with two attached hydrogens (primary N) is 1. The number of halogens is 2. The Balaban J connectivity index is 1.55. The summed E-state index contributed by atoms with van der Waals surface area (Å²) in [6, 6.07) is 8.06. The quantitative estimate of drug-likeness (QED) is 0.619. The number of hydrogen-bond donors (Lipinski definition) is 1. The SMILES string of the molecule is COCCn1cc(C(=O)N2CCC(c3ccc(F)c(CN)c3)CC2)c2cc(F)cc(C)c21. The van der Waals surface area contributed by atoms with Crippen LogP contribution in [-0.4, -0.2) is 42.2 Å². The summed E-state index contributed by atoms with van der Waals surface area (Å²) in [6.07, 6.45) is 3.40. The van der Waals surface area contributed by atoms with Crippen molar-refractivity contribution in [3.05, 3.63) is 70.4 Å². The maximum Gasteiger partial charge on any atom is 0.256 e. The monoisotopic (exact) mass is 441 g/mol. The van der Waals surface area contributed by atoms with Crippen molar-refractivity contribution in [1.29, 1.82) is 0 Å². The minimum atomic E-state index is -0.348. The molecule has 2 aromatic carbocycles. The molecule has 0 bridgehead atoms. The number of amides is 1. The molecular formula is C25H29F2N3O2. The molecule has 1 aliphatic heterocycles. The van der Waals surface area contributed by atoms with Gasteiger partial charge >= 0.3 is 0 Å². The van der Waals surface area contributed by atoms with Gasteiger partial charge in [-0.3, -0.25) is 4.79 Å². The minimum Gasteiger partial charge on any atom is -0.383 e. The normalized spacial score (nSPS) is 15.0. The molecule has 5 nitrogen and oxygen atoms in total. The molecule has 4 rings (SSSR count). The third kappa shape index (κ3) is 4.27. The molecule has 0 aliphatic carbocycles. The Morgan fingerprint density at radius 3 is 2.62 bits per heavy atom. The van der Waals surface area contributed by atoms with Gasteiger partial charge in [-0.05, 0) is 55.0 Å². The number of methoxy groups -OCH3 is 1. The van der Waals surface area contributed by atoms with E-state index < -0.39 is 0 Å². The fourth-order valence-corrected chi connectivity index (χ4v) is 4.74. The molecule has 170 valence electrons. The number of benzene rings is 2. The molecule has 32 heavy (non-hydrogen) atoms. The van der Waals surface area contributed by atoms with Gasteiger partial charge in [0.15, 0.2) is 0 Å². The summed E-state index contributed by atoms with van der Waals surface area (Å²) in [4.78, 5) is 15.2. The highest BCUT2D eigenvalue weighted by atomic mass is 19.1. The summed E-state index contributed by atoms with van der Waals surface area (Å²) in [7, 11) is 1.63. The molecule has 1 aromatic heterocycles. The van der Waals surface area contributed by atoms with Crippen LogP contribution in [0, 0.1) is 18.6 Å². The summed E-state index contributed by atoms with van der Waals surface area (Å²) in [6.45, 7) is 4.30. The number of hydrogen-bond acceptors (Lipinski definition) is 3. The van der Waals surface area contributed by atoms with E-state index in [9.17, 15) is 13.6 Å². The van der Waals surface area contributed by atoms with Crippen molar-refractivity contribution in [3.8, 4) is 0 Å². The summed E-state index contributed by atoms with van der Waals surface area (Å²) < 4.78 is 35.1. The number of fused-ring (bicyclic) bond motifs is 1. The van der Waals surface area contributed by atoms with Crippen molar-refractivity contribution < 1.29 is 18.3 Å². The lowest BCUT2D eigenvalue weighted by Gasteiger charge is -2.32. The first-order valence-electron chi connectivity index (χ1n) is 11.0. The van der Waals surface area contributed by atoms with E-state index in [1.807, 2.05) is 34.7 Å². The summed E-state index contributed by atoms with van der Waals surface area (Å²) in [5.74, 6) is -0.459. The Labute approximate surface area is 186 Å². The van der Waals surface area contributed by atoms with E-state index in [-0.39, 0.29) is 30.0 Å². The van der Waals surface area contributed by atoms with Gasteiger partial charge in [0.25, 0.3) is 5.91 Å². The van der Waals surface area contributed by atoms with Crippen molar-refractivity contribution in [2.45, 2.75) is 38.8 Å². The smallest absolute Gasteiger partial charge is 0.256 e. The molecule has 1 fully saturated rings. The first-order valence-corrected chi connectivity index (χ1v) is 11.0. The van der Waals surface area contributed by atoms with Gasteiger partial charge in [0.05, 0.1) is 17.7 Å². The van der Waals surface area contributed by atoms with E-state index in [1.165, 1.54) is 18.2 Å². The highest BCUT2D eigenvalue weighted by molar-refractivity contribution is 6.07. The maximum atomic E-state index is 14.2. The molecule has 0 radical (unpaired) electrons. The molecule has 2 heterocycles. The van der Waals surface area contributed by atoms with Crippen LogP contribution in [0.15, 0.2) is 36.5 Å². The lowest BCUT2D eigenvalue weighted by molar-refractivity contribution is 0.0714. The first-order chi connectivity index (χ1) is 15.4. The van der Waals surface area contributed by atoms with Crippen LogP contribution in [-0.2, 0) is 17.8 Å². The maximum absolute atomic E-state index is 14.2. The Morgan fingerprint density at radius 2 is 1.94 bits per heavy atom. The molecule has 2 N–H and O–H groups in total. The largest absolute Gasteiger partial charge is 0.383 e. The average molecular weight is 442 g/mol. The van der Waals surface area contributed by atoms with E-state index in [0.717, 1.165) is 29.5 Å². The second kappa shape index (κ2) is 9.38. The number of aromatic nitrogens is 1. The van der Waals surface area contributed by atoms with E-state index in [1.54, 1.807) is 7.11 Å². The Morgan fingerprint density at radius 1 is 1.19 bits per heavy atom. The molecule has 3 aromatic rings. The van der Waals surface area contributed by atoms with Gasteiger partial charge in [-0.2, -0.15) is 0 Å². The van der Waals surface area contributed by atoms with E-state index in [0.29, 0.717) is 42.8 Å². The Kier molecular flexibility index (Phi) is 6.58. The number of nitrogens with zero attached hydrogens (tertiary/aromatic N) is 2. The van der Waals surface area contributed by atoms with Gasteiger partial charge in [0.1, 0.15) is 11.6 Å². The number of ether oxygens (including phenoxy) is 1. The third-order valence-electron chi connectivity index (χ3n) is 6.44. The van der Waals surface area contributed by atoms with Crippen molar-refractivity contribution in [1.82, 2.24) is 9.47 Å². The molecule has 1 aliphatic rings. The predicted octanol–water partition coefficient (Wildman–Crippen LogP) is 4.35. The number of likely N-dealkylation sites (tertiary alicyclic amines) is 1. The van der Waals surface area contributed by atoms with Crippen LogP contribution in [0.3, 0.4) is 0 Å². The number of carbonyl (C=O) groups excluding carboxylic acids is 1. The van der Waals surface area contributed by atoms with Crippen LogP contribution in [0.5, 0.6) is 0 Å². The first kappa shape index (κ1) is 22.4. The van der Waals surface area contributed by atoms with Gasteiger partial charge in [-0.15, -0.1) is 0 Å². The lowest BCUT2D eigenvalue weighted by atomic mass is 9.88. The molecule has 1 saturated heterocycles. The fourth-order valence-electron chi connectivity index (χ4n) is 4.74. The van der Waals surface area contributed by atoms with Crippen LogP contribution < -0.4 is 5.73 Å². The van der Waals surface area contributed by atoms with Gasteiger partial charge in [-0.25, -0.2) is 8.78 Å².